The highest BCUT2D eigenvalue weighted by molar-refractivity contribution is 4.79. The van der Waals surface area contributed by atoms with E-state index in [1.54, 1.807) is 0 Å². The third kappa shape index (κ3) is 2.15. The van der Waals surface area contributed by atoms with Crippen molar-refractivity contribution in [1.82, 2.24) is 0 Å². The predicted molar refractivity (Wildman–Crippen MR) is 41.2 cm³/mol. The van der Waals surface area contributed by atoms with Gasteiger partial charge >= 0.3 is 0 Å². The number of aliphatic hydroxyl groups is 2. The molecule has 0 aromatic heterocycles. The highest BCUT2D eigenvalue weighted by atomic mass is 16.5. The van der Waals surface area contributed by atoms with Crippen LogP contribution in [0.15, 0.2) is 0 Å². The number of aliphatic hydroxyl groups excluding tert-OH is 2. The molecule has 3 heteroatoms. The molecule has 0 aromatic carbocycles. The molecule has 0 saturated carbocycles. The molecule has 1 aliphatic rings. The monoisotopic (exact) mass is 160 g/mol. The molecule has 0 spiro atoms. The summed E-state index contributed by atoms with van der Waals surface area (Å²) in [6, 6.07) is 0. The van der Waals surface area contributed by atoms with Crippen LogP contribution in [0, 0.1) is 5.92 Å². The molecule has 3 nitrogen and oxygen atoms in total. The molecule has 3 atom stereocenters. The van der Waals surface area contributed by atoms with E-state index in [1.807, 2.05) is 6.92 Å². The molecule has 1 aliphatic heterocycles. The lowest BCUT2D eigenvalue weighted by Crippen LogP contribution is -2.21. The summed E-state index contributed by atoms with van der Waals surface area (Å²) < 4.78 is 5.41. The van der Waals surface area contributed by atoms with Gasteiger partial charge in [0.25, 0.3) is 0 Å². The SMILES string of the molecule is C[C@H]1C[C@@H](CCO)[C@@H](CO)O1. The van der Waals surface area contributed by atoms with Gasteiger partial charge in [-0.1, -0.05) is 0 Å². The van der Waals surface area contributed by atoms with E-state index < -0.39 is 0 Å². The molecule has 1 rings (SSSR count). The van der Waals surface area contributed by atoms with Crippen LogP contribution in [0.5, 0.6) is 0 Å². The van der Waals surface area contributed by atoms with E-state index >= 15 is 0 Å². The summed E-state index contributed by atoms with van der Waals surface area (Å²) in [6.07, 6.45) is 1.90. The smallest absolute Gasteiger partial charge is 0.0839 e. The molecule has 1 saturated heterocycles. The van der Waals surface area contributed by atoms with Crippen molar-refractivity contribution in [3.63, 3.8) is 0 Å². The molecule has 0 aromatic rings. The number of hydrogen-bond acceptors (Lipinski definition) is 3. The van der Waals surface area contributed by atoms with Gasteiger partial charge in [0.2, 0.25) is 0 Å². The zero-order valence-electron chi connectivity index (χ0n) is 6.86. The summed E-state index contributed by atoms with van der Waals surface area (Å²) in [5.74, 6) is 0.347. The maximum absolute atomic E-state index is 8.87. The van der Waals surface area contributed by atoms with Crippen molar-refractivity contribution in [3.05, 3.63) is 0 Å². The van der Waals surface area contributed by atoms with Gasteiger partial charge in [-0.2, -0.15) is 0 Å². The molecule has 1 fully saturated rings. The Balaban J connectivity index is 2.37. The first kappa shape index (κ1) is 8.97. The van der Waals surface area contributed by atoms with Crippen molar-refractivity contribution in [2.45, 2.75) is 32.0 Å². The summed E-state index contributed by atoms with van der Waals surface area (Å²) in [5, 5.41) is 17.6. The molecule has 0 amide bonds. The van der Waals surface area contributed by atoms with Crippen LogP contribution >= 0.6 is 0 Å². The first-order chi connectivity index (χ1) is 5.27. The Morgan fingerprint density at radius 1 is 1.45 bits per heavy atom. The van der Waals surface area contributed by atoms with Gasteiger partial charge in [0.15, 0.2) is 0 Å². The molecule has 0 aliphatic carbocycles. The van der Waals surface area contributed by atoms with Gasteiger partial charge in [-0.3, -0.25) is 0 Å². The van der Waals surface area contributed by atoms with Crippen LogP contribution in [0.3, 0.4) is 0 Å². The second-order valence-corrected chi connectivity index (χ2v) is 3.18. The molecule has 0 unspecified atom stereocenters. The van der Waals surface area contributed by atoms with Crippen LogP contribution in [0.25, 0.3) is 0 Å². The number of hydrogen-bond donors (Lipinski definition) is 2. The average molecular weight is 160 g/mol. The topological polar surface area (TPSA) is 49.7 Å². The van der Waals surface area contributed by atoms with Crippen molar-refractivity contribution in [2.75, 3.05) is 13.2 Å². The molecule has 0 radical (unpaired) electrons. The van der Waals surface area contributed by atoms with Crippen LogP contribution in [0.4, 0.5) is 0 Å². The largest absolute Gasteiger partial charge is 0.396 e. The summed E-state index contributed by atoms with van der Waals surface area (Å²) in [6.45, 7) is 2.27. The summed E-state index contributed by atoms with van der Waals surface area (Å²) in [5.41, 5.74) is 0. The van der Waals surface area contributed by atoms with Crippen molar-refractivity contribution in [1.29, 1.82) is 0 Å². The molecule has 0 bridgehead atoms. The predicted octanol–water partition coefficient (Wildman–Crippen LogP) is 0.155. The summed E-state index contributed by atoms with van der Waals surface area (Å²) in [4.78, 5) is 0. The highest BCUT2D eigenvalue weighted by Gasteiger charge is 2.31. The average Bonchev–Trinajstić information content (AvgIpc) is 2.32. The molecule has 11 heavy (non-hydrogen) atoms. The molecule has 1 heterocycles. The van der Waals surface area contributed by atoms with Gasteiger partial charge in [0.05, 0.1) is 18.8 Å². The standard InChI is InChI=1S/C8H16O3/c1-6-4-7(2-3-9)8(5-10)11-6/h6-10H,2-5H2,1H3/t6-,7+,8+/m0/s1. The second kappa shape index (κ2) is 4.04. The summed E-state index contributed by atoms with van der Waals surface area (Å²) >= 11 is 0. The fraction of sp³-hybridized carbons (Fsp3) is 1.00. The fourth-order valence-corrected chi connectivity index (χ4v) is 1.70. The Bertz CT molecular complexity index is 116. The number of rotatable bonds is 3. The van der Waals surface area contributed by atoms with Crippen LogP contribution in [0.2, 0.25) is 0 Å². The van der Waals surface area contributed by atoms with Crippen LogP contribution in [-0.4, -0.2) is 35.6 Å². The molecule has 2 N–H and O–H groups in total. The van der Waals surface area contributed by atoms with E-state index in [9.17, 15) is 0 Å². The molecular formula is C8H16O3. The van der Waals surface area contributed by atoms with E-state index in [2.05, 4.69) is 0 Å². The second-order valence-electron chi connectivity index (χ2n) is 3.18. The highest BCUT2D eigenvalue weighted by Crippen LogP contribution is 2.28. The third-order valence-electron chi connectivity index (χ3n) is 2.25. The quantitative estimate of drug-likeness (QED) is 0.618. The lowest BCUT2D eigenvalue weighted by molar-refractivity contribution is 0.00370. The minimum atomic E-state index is -0.0443. The van der Waals surface area contributed by atoms with Crippen molar-refractivity contribution in [2.24, 2.45) is 5.92 Å². The minimum Gasteiger partial charge on any atom is -0.396 e. The normalized spacial score (nSPS) is 37.9. The van der Waals surface area contributed by atoms with Gasteiger partial charge in [0, 0.05) is 6.61 Å². The Kier molecular flexibility index (Phi) is 3.30. The zero-order chi connectivity index (χ0) is 8.27. The van der Waals surface area contributed by atoms with Crippen molar-refractivity contribution >= 4 is 0 Å². The first-order valence-corrected chi connectivity index (χ1v) is 4.15. The van der Waals surface area contributed by atoms with Gasteiger partial charge in [-0.05, 0) is 25.7 Å². The third-order valence-corrected chi connectivity index (χ3v) is 2.25. The van der Waals surface area contributed by atoms with Gasteiger partial charge in [-0.15, -0.1) is 0 Å². The van der Waals surface area contributed by atoms with Gasteiger partial charge < -0.3 is 14.9 Å². The van der Waals surface area contributed by atoms with Crippen molar-refractivity contribution < 1.29 is 14.9 Å². The Morgan fingerprint density at radius 3 is 2.73 bits per heavy atom. The van der Waals surface area contributed by atoms with E-state index in [0.29, 0.717) is 5.92 Å². The maximum Gasteiger partial charge on any atom is 0.0839 e. The van der Waals surface area contributed by atoms with Gasteiger partial charge in [0.1, 0.15) is 0 Å². The first-order valence-electron chi connectivity index (χ1n) is 4.15. The molecular weight excluding hydrogens is 144 g/mol. The Hall–Kier alpha value is -0.120. The van der Waals surface area contributed by atoms with Crippen LogP contribution in [-0.2, 0) is 4.74 Å². The van der Waals surface area contributed by atoms with Crippen LogP contribution < -0.4 is 0 Å². The van der Waals surface area contributed by atoms with Crippen LogP contribution in [0.1, 0.15) is 19.8 Å². The Labute approximate surface area is 67.0 Å². The van der Waals surface area contributed by atoms with E-state index in [-0.39, 0.29) is 25.4 Å². The zero-order valence-corrected chi connectivity index (χ0v) is 6.86. The molecule has 66 valence electrons. The lowest BCUT2D eigenvalue weighted by Gasteiger charge is -2.13. The van der Waals surface area contributed by atoms with E-state index in [1.165, 1.54) is 0 Å². The van der Waals surface area contributed by atoms with E-state index in [0.717, 1.165) is 12.8 Å². The van der Waals surface area contributed by atoms with Crippen molar-refractivity contribution in [3.8, 4) is 0 Å². The number of ether oxygens (including phenoxy) is 1. The van der Waals surface area contributed by atoms with Gasteiger partial charge in [-0.25, -0.2) is 0 Å². The minimum absolute atomic E-state index is 0.0443. The summed E-state index contributed by atoms with van der Waals surface area (Å²) in [7, 11) is 0. The Morgan fingerprint density at radius 2 is 2.18 bits per heavy atom. The van der Waals surface area contributed by atoms with E-state index in [4.69, 9.17) is 14.9 Å². The lowest BCUT2D eigenvalue weighted by atomic mass is 9.97. The maximum atomic E-state index is 8.87. The fourth-order valence-electron chi connectivity index (χ4n) is 1.70.